The lowest BCUT2D eigenvalue weighted by Gasteiger charge is -2.55. The van der Waals surface area contributed by atoms with Gasteiger partial charge in [-0.3, -0.25) is 0 Å². The van der Waals surface area contributed by atoms with Crippen LogP contribution in [0.5, 0.6) is 0 Å². The summed E-state index contributed by atoms with van der Waals surface area (Å²) in [6.07, 6.45) is -13.6. The van der Waals surface area contributed by atoms with Crippen molar-refractivity contribution in [1.29, 1.82) is 0 Å². The molecule has 4 rings (SSSR count). The second-order valence-electron chi connectivity index (χ2n) is 12.7. The summed E-state index contributed by atoms with van der Waals surface area (Å²) >= 11 is 0. The fraction of sp³-hybridized carbons (Fsp3) is 0.926. The number of hydrogen-bond donors (Lipinski definition) is 9. The van der Waals surface area contributed by atoms with Gasteiger partial charge in [0.15, 0.2) is 12.6 Å². The zero-order chi connectivity index (χ0) is 29.7. The fourth-order valence-electron chi connectivity index (χ4n) is 6.89. The lowest BCUT2D eigenvalue weighted by molar-refractivity contribution is -0.331. The zero-order valence-electron chi connectivity index (χ0n) is 23.2. The molecule has 2 saturated heterocycles. The van der Waals surface area contributed by atoms with E-state index in [1.165, 1.54) is 0 Å². The molecule has 2 aliphatic heterocycles. The molecular formula is C27H46O13. The monoisotopic (exact) mass is 578 g/mol. The smallest absolute Gasteiger partial charge is 0.187 e. The lowest BCUT2D eigenvalue weighted by Crippen LogP contribution is -2.62. The van der Waals surface area contributed by atoms with E-state index < -0.39 is 92.4 Å². The molecule has 0 amide bonds. The van der Waals surface area contributed by atoms with Crippen molar-refractivity contribution in [1.82, 2.24) is 0 Å². The Balaban J connectivity index is 1.43. The maximum atomic E-state index is 11.2. The molecule has 2 aliphatic carbocycles. The maximum Gasteiger partial charge on any atom is 0.187 e. The first-order valence-corrected chi connectivity index (χ1v) is 14.0. The van der Waals surface area contributed by atoms with Crippen molar-refractivity contribution < 1.29 is 64.9 Å². The fourth-order valence-corrected chi connectivity index (χ4v) is 6.89. The molecule has 13 heteroatoms. The molecule has 0 radical (unpaired) electrons. The Morgan fingerprint density at radius 3 is 1.93 bits per heavy atom. The standard InChI is InChI=1S/C27H46O13/c1-11-13-7-12(26(2,3)40-25-23(36)21(34)19(32)16(10-29)39-25)5-6-27(13,4)8-14(17(11)30)37-24-22(35)20(33)18(31)15(9-28)38-24/h12-25,28-36H,1,5-10H2,2-4H3. The van der Waals surface area contributed by atoms with Crippen LogP contribution in [0.15, 0.2) is 12.2 Å². The molecule has 2 heterocycles. The molecule has 0 bridgehead atoms. The van der Waals surface area contributed by atoms with Gasteiger partial charge in [-0.2, -0.15) is 0 Å². The van der Waals surface area contributed by atoms with Crippen LogP contribution in [-0.2, 0) is 18.9 Å². The first kappa shape index (κ1) is 32.1. The van der Waals surface area contributed by atoms with Crippen LogP contribution in [0, 0.1) is 17.3 Å². The molecule has 9 N–H and O–H groups in total. The summed E-state index contributed by atoms with van der Waals surface area (Å²) in [5, 5.41) is 91.4. The Hall–Kier alpha value is -0.780. The van der Waals surface area contributed by atoms with Gasteiger partial charge in [0, 0.05) is 0 Å². The van der Waals surface area contributed by atoms with Crippen molar-refractivity contribution in [3.63, 3.8) is 0 Å². The van der Waals surface area contributed by atoms with Gasteiger partial charge >= 0.3 is 0 Å². The number of aliphatic hydroxyl groups is 9. The SMILES string of the molecule is C=C1C(O)C(OC2OC(CO)C(O)C(O)C2O)CC2(C)CCC(C(C)(C)OC3OC(CO)C(O)C(O)C3O)CC12. The first-order chi connectivity index (χ1) is 18.6. The van der Waals surface area contributed by atoms with Crippen molar-refractivity contribution >= 4 is 0 Å². The average molecular weight is 579 g/mol. The third kappa shape index (κ3) is 5.87. The Labute approximate surface area is 233 Å². The highest BCUT2D eigenvalue weighted by atomic mass is 16.7. The molecule has 15 atom stereocenters. The largest absolute Gasteiger partial charge is 0.394 e. The van der Waals surface area contributed by atoms with Crippen LogP contribution >= 0.6 is 0 Å². The number of aliphatic hydroxyl groups excluding tert-OH is 9. The Bertz CT molecular complexity index is 882. The van der Waals surface area contributed by atoms with Crippen molar-refractivity contribution in [3.8, 4) is 0 Å². The summed E-state index contributed by atoms with van der Waals surface area (Å²) < 4.78 is 23.1. The molecule has 4 aliphatic rings. The Morgan fingerprint density at radius 2 is 1.38 bits per heavy atom. The summed E-state index contributed by atoms with van der Waals surface area (Å²) in [6.45, 7) is 8.78. The van der Waals surface area contributed by atoms with Gasteiger partial charge in [0.25, 0.3) is 0 Å². The van der Waals surface area contributed by atoms with Crippen molar-refractivity contribution in [3.05, 3.63) is 12.2 Å². The summed E-state index contributed by atoms with van der Waals surface area (Å²) in [6, 6.07) is 0. The van der Waals surface area contributed by atoms with E-state index in [9.17, 15) is 46.0 Å². The van der Waals surface area contributed by atoms with Crippen molar-refractivity contribution in [2.24, 2.45) is 17.3 Å². The molecule has 0 spiro atoms. The number of fused-ring (bicyclic) bond motifs is 1. The quantitative estimate of drug-likeness (QED) is 0.113. The molecule has 2 saturated carbocycles. The molecular weight excluding hydrogens is 532 g/mol. The molecule has 0 aromatic carbocycles. The van der Waals surface area contributed by atoms with E-state index in [0.717, 1.165) is 0 Å². The molecule has 13 nitrogen and oxygen atoms in total. The highest BCUT2D eigenvalue weighted by molar-refractivity contribution is 5.20. The summed E-state index contributed by atoms with van der Waals surface area (Å²) in [4.78, 5) is 0. The van der Waals surface area contributed by atoms with Gasteiger partial charge in [0.1, 0.15) is 54.9 Å². The second kappa shape index (κ2) is 12.1. The minimum absolute atomic E-state index is 0.0650. The van der Waals surface area contributed by atoms with Crippen LogP contribution < -0.4 is 0 Å². The third-order valence-corrected chi connectivity index (χ3v) is 9.68. The maximum absolute atomic E-state index is 11.2. The minimum Gasteiger partial charge on any atom is -0.394 e. The van der Waals surface area contributed by atoms with Crippen LogP contribution in [-0.4, -0.2) is 138 Å². The molecule has 4 fully saturated rings. The predicted molar refractivity (Wildman–Crippen MR) is 136 cm³/mol. The zero-order valence-corrected chi connectivity index (χ0v) is 23.2. The van der Waals surface area contributed by atoms with Gasteiger partial charge in [0.05, 0.1) is 24.9 Å². The van der Waals surface area contributed by atoms with Gasteiger partial charge in [-0.25, -0.2) is 0 Å². The molecule has 0 aromatic rings. The van der Waals surface area contributed by atoms with Gasteiger partial charge in [-0.1, -0.05) is 13.5 Å². The summed E-state index contributed by atoms with van der Waals surface area (Å²) in [7, 11) is 0. The van der Waals surface area contributed by atoms with Gasteiger partial charge in [0.2, 0.25) is 0 Å². The first-order valence-electron chi connectivity index (χ1n) is 14.0. The van der Waals surface area contributed by atoms with E-state index in [0.29, 0.717) is 31.3 Å². The third-order valence-electron chi connectivity index (χ3n) is 9.68. The lowest BCUT2D eigenvalue weighted by atomic mass is 9.54. The van der Waals surface area contributed by atoms with Gasteiger partial charge < -0.3 is 64.9 Å². The van der Waals surface area contributed by atoms with Crippen LogP contribution in [0.4, 0.5) is 0 Å². The van der Waals surface area contributed by atoms with E-state index in [-0.39, 0.29) is 17.3 Å². The normalized spacial score (nSPS) is 50.5. The summed E-state index contributed by atoms with van der Waals surface area (Å²) in [5.74, 6) is -0.196. The highest BCUT2D eigenvalue weighted by Crippen LogP contribution is 2.56. The predicted octanol–water partition coefficient (Wildman–Crippen LogP) is -2.49. The van der Waals surface area contributed by atoms with E-state index in [1.54, 1.807) is 0 Å². The van der Waals surface area contributed by atoms with Crippen LogP contribution in [0.1, 0.15) is 46.5 Å². The molecule has 15 unspecified atom stereocenters. The van der Waals surface area contributed by atoms with Crippen LogP contribution in [0.2, 0.25) is 0 Å². The Morgan fingerprint density at radius 1 is 0.850 bits per heavy atom. The van der Waals surface area contributed by atoms with Crippen LogP contribution in [0.3, 0.4) is 0 Å². The highest BCUT2D eigenvalue weighted by Gasteiger charge is 2.55. The minimum atomic E-state index is -1.59. The van der Waals surface area contributed by atoms with Crippen molar-refractivity contribution in [2.75, 3.05) is 13.2 Å². The van der Waals surface area contributed by atoms with Crippen LogP contribution in [0.25, 0.3) is 0 Å². The van der Waals surface area contributed by atoms with E-state index in [2.05, 4.69) is 13.5 Å². The second-order valence-corrected chi connectivity index (χ2v) is 12.7. The summed E-state index contributed by atoms with van der Waals surface area (Å²) in [5.41, 5.74) is -0.661. The van der Waals surface area contributed by atoms with E-state index in [4.69, 9.17) is 18.9 Å². The average Bonchev–Trinajstić information content (AvgIpc) is 2.91. The van der Waals surface area contributed by atoms with Crippen molar-refractivity contribution in [2.45, 2.75) is 126 Å². The molecule has 0 aromatic heterocycles. The Kier molecular flexibility index (Phi) is 9.70. The molecule has 40 heavy (non-hydrogen) atoms. The number of ether oxygens (including phenoxy) is 4. The topological polar surface area (TPSA) is 219 Å². The van der Waals surface area contributed by atoms with E-state index >= 15 is 0 Å². The molecule has 232 valence electrons. The van der Waals surface area contributed by atoms with Gasteiger partial charge in [-0.05, 0) is 62.4 Å². The van der Waals surface area contributed by atoms with E-state index in [1.807, 2.05) is 13.8 Å². The van der Waals surface area contributed by atoms with Gasteiger partial charge in [-0.15, -0.1) is 0 Å². The number of rotatable bonds is 7. The number of hydrogen-bond acceptors (Lipinski definition) is 13.